The number of imide groups is 1. The van der Waals surface area contributed by atoms with Gasteiger partial charge in [0.2, 0.25) is 0 Å². The van der Waals surface area contributed by atoms with Crippen molar-refractivity contribution in [2.24, 2.45) is 0 Å². The average molecular weight is 417 g/mol. The standard InChI is InChI=1S/C25H21ClN2O2/c1-17-15-20(26)13-14-21(17)28-24(29)22(19-11-7-4-8-12-19)23(25(28)30)27(2)16-18-9-5-3-6-10-18/h3-15H,16H2,1-2H3. The highest BCUT2D eigenvalue weighted by Crippen LogP contribution is 2.36. The predicted octanol–water partition coefficient (Wildman–Crippen LogP) is 5.06. The summed E-state index contributed by atoms with van der Waals surface area (Å²) in [5.74, 6) is -0.658. The number of aryl methyl sites for hydroxylation is 1. The molecule has 0 bridgehead atoms. The average Bonchev–Trinajstić information content (AvgIpc) is 3.00. The Bertz CT molecular complexity index is 1140. The first kappa shape index (κ1) is 19.9. The molecule has 0 N–H and O–H groups in total. The minimum atomic E-state index is -0.331. The lowest BCUT2D eigenvalue weighted by molar-refractivity contribution is -0.120. The number of benzene rings is 3. The molecular weight excluding hydrogens is 396 g/mol. The first-order valence-electron chi connectivity index (χ1n) is 9.67. The molecule has 0 saturated heterocycles. The highest BCUT2D eigenvalue weighted by atomic mass is 35.5. The van der Waals surface area contributed by atoms with Crippen molar-refractivity contribution < 1.29 is 9.59 Å². The molecule has 4 nitrogen and oxygen atoms in total. The van der Waals surface area contributed by atoms with Crippen LogP contribution in [0.4, 0.5) is 5.69 Å². The molecule has 0 saturated carbocycles. The van der Waals surface area contributed by atoms with Gasteiger partial charge in [-0.3, -0.25) is 9.59 Å². The summed E-state index contributed by atoms with van der Waals surface area (Å²) in [6.07, 6.45) is 0. The highest BCUT2D eigenvalue weighted by molar-refractivity contribution is 6.45. The third kappa shape index (κ3) is 3.62. The number of hydrogen-bond donors (Lipinski definition) is 0. The van der Waals surface area contributed by atoms with Gasteiger partial charge in [0.1, 0.15) is 5.70 Å². The fourth-order valence-corrected chi connectivity index (χ4v) is 3.99. The molecule has 3 aromatic carbocycles. The van der Waals surface area contributed by atoms with Crippen molar-refractivity contribution in [3.8, 4) is 0 Å². The molecule has 0 atom stereocenters. The van der Waals surface area contributed by atoms with Gasteiger partial charge in [0.25, 0.3) is 11.8 Å². The Morgan fingerprint density at radius 3 is 2.13 bits per heavy atom. The summed E-state index contributed by atoms with van der Waals surface area (Å²) in [7, 11) is 1.84. The normalized spacial score (nSPS) is 13.9. The third-order valence-electron chi connectivity index (χ3n) is 5.17. The van der Waals surface area contributed by atoms with Crippen LogP contribution in [0, 0.1) is 6.92 Å². The van der Waals surface area contributed by atoms with Crippen LogP contribution in [0.25, 0.3) is 5.57 Å². The van der Waals surface area contributed by atoms with Crippen molar-refractivity contribution in [3.05, 3.63) is 106 Å². The second-order valence-corrected chi connectivity index (χ2v) is 7.74. The second-order valence-electron chi connectivity index (χ2n) is 7.31. The van der Waals surface area contributed by atoms with E-state index < -0.39 is 0 Å². The SMILES string of the molecule is Cc1cc(Cl)ccc1N1C(=O)C(c2ccccc2)=C(N(C)Cc2ccccc2)C1=O. The van der Waals surface area contributed by atoms with Gasteiger partial charge in [-0.2, -0.15) is 0 Å². The van der Waals surface area contributed by atoms with Gasteiger partial charge in [-0.1, -0.05) is 72.3 Å². The van der Waals surface area contributed by atoms with Gasteiger partial charge < -0.3 is 4.90 Å². The van der Waals surface area contributed by atoms with Gasteiger partial charge in [0.15, 0.2) is 0 Å². The van der Waals surface area contributed by atoms with Crippen LogP contribution >= 0.6 is 11.6 Å². The summed E-state index contributed by atoms with van der Waals surface area (Å²) in [5, 5.41) is 0.563. The molecule has 0 fully saturated rings. The molecule has 1 aliphatic rings. The van der Waals surface area contributed by atoms with Gasteiger partial charge in [-0.25, -0.2) is 4.90 Å². The lowest BCUT2D eigenvalue weighted by atomic mass is 10.0. The zero-order chi connectivity index (χ0) is 21.3. The van der Waals surface area contributed by atoms with Crippen molar-refractivity contribution in [3.63, 3.8) is 0 Å². The summed E-state index contributed by atoms with van der Waals surface area (Å²) in [4.78, 5) is 30.2. The summed E-state index contributed by atoms with van der Waals surface area (Å²) in [6.45, 7) is 2.36. The van der Waals surface area contributed by atoms with Crippen LogP contribution < -0.4 is 4.90 Å². The van der Waals surface area contributed by atoms with Gasteiger partial charge in [0.05, 0.1) is 11.3 Å². The quantitative estimate of drug-likeness (QED) is 0.545. The second kappa shape index (κ2) is 8.17. The van der Waals surface area contributed by atoms with E-state index >= 15 is 0 Å². The van der Waals surface area contributed by atoms with Crippen LogP contribution in [0.2, 0.25) is 5.02 Å². The maximum atomic E-state index is 13.5. The van der Waals surface area contributed by atoms with E-state index in [-0.39, 0.29) is 11.8 Å². The fraction of sp³-hybridized carbons (Fsp3) is 0.120. The first-order chi connectivity index (χ1) is 14.5. The van der Waals surface area contributed by atoms with Crippen LogP contribution in [0.15, 0.2) is 84.6 Å². The van der Waals surface area contributed by atoms with Crippen LogP contribution in [0.1, 0.15) is 16.7 Å². The third-order valence-corrected chi connectivity index (χ3v) is 5.40. The Morgan fingerprint density at radius 1 is 0.867 bits per heavy atom. The van der Waals surface area contributed by atoms with Gasteiger partial charge in [-0.15, -0.1) is 0 Å². The summed E-state index contributed by atoms with van der Waals surface area (Å²) >= 11 is 6.08. The first-order valence-corrected chi connectivity index (χ1v) is 10.0. The molecule has 0 radical (unpaired) electrons. The van der Waals surface area contributed by atoms with E-state index in [0.29, 0.717) is 28.5 Å². The van der Waals surface area contributed by atoms with Crippen molar-refractivity contribution in [2.45, 2.75) is 13.5 Å². The summed E-state index contributed by atoms with van der Waals surface area (Å²) in [5.41, 5.74) is 3.90. The van der Waals surface area contributed by atoms with Crippen LogP contribution in [0.5, 0.6) is 0 Å². The van der Waals surface area contributed by atoms with E-state index in [1.165, 1.54) is 4.90 Å². The smallest absolute Gasteiger partial charge is 0.282 e. The van der Waals surface area contributed by atoms with Crippen molar-refractivity contribution in [1.29, 1.82) is 0 Å². The molecule has 5 heteroatoms. The molecule has 150 valence electrons. The number of rotatable bonds is 5. The number of halogens is 1. The summed E-state index contributed by atoms with van der Waals surface area (Å²) in [6, 6.07) is 24.4. The van der Waals surface area contributed by atoms with E-state index in [1.807, 2.05) is 79.5 Å². The zero-order valence-corrected chi connectivity index (χ0v) is 17.6. The Kier molecular flexibility index (Phi) is 5.42. The number of carbonyl (C=O) groups excluding carboxylic acids is 2. The number of nitrogens with zero attached hydrogens (tertiary/aromatic N) is 2. The molecule has 1 aliphatic heterocycles. The van der Waals surface area contributed by atoms with Crippen LogP contribution in [0.3, 0.4) is 0 Å². The fourth-order valence-electron chi connectivity index (χ4n) is 3.76. The topological polar surface area (TPSA) is 40.6 Å². The largest absolute Gasteiger partial charge is 0.365 e. The van der Waals surface area contributed by atoms with Crippen molar-refractivity contribution in [1.82, 2.24) is 4.90 Å². The maximum Gasteiger partial charge on any atom is 0.282 e. The van der Waals surface area contributed by atoms with Crippen molar-refractivity contribution in [2.75, 3.05) is 11.9 Å². The van der Waals surface area contributed by atoms with Crippen molar-refractivity contribution >= 4 is 34.7 Å². The molecule has 0 aromatic heterocycles. The van der Waals surface area contributed by atoms with E-state index in [1.54, 1.807) is 18.2 Å². The Morgan fingerprint density at radius 2 is 1.50 bits per heavy atom. The van der Waals surface area contributed by atoms with E-state index in [4.69, 9.17) is 11.6 Å². The molecule has 0 unspecified atom stereocenters. The molecular formula is C25H21ClN2O2. The van der Waals surface area contributed by atoms with Crippen LogP contribution in [-0.2, 0) is 16.1 Å². The molecule has 30 heavy (non-hydrogen) atoms. The number of amides is 2. The molecule has 2 amide bonds. The number of carbonyl (C=O) groups is 2. The monoisotopic (exact) mass is 416 g/mol. The van der Waals surface area contributed by atoms with Gasteiger partial charge >= 0.3 is 0 Å². The van der Waals surface area contributed by atoms with Crippen LogP contribution in [-0.4, -0.2) is 23.8 Å². The predicted molar refractivity (Wildman–Crippen MR) is 120 cm³/mol. The van der Waals surface area contributed by atoms with E-state index in [0.717, 1.165) is 16.7 Å². The maximum absolute atomic E-state index is 13.5. The highest BCUT2D eigenvalue weighted by Gasteiger charge is 2.42. The molecule has 0 spiro atoms. The number of anilines is 1. The molecule has 0 aliphatic carbocycles. The molecule has 4 rings (SSSR count). The molecule has 1 heterocycles. The van der Waals surface area contributed by atoms with Gasteiger partial charge in [-0.05, 0) is 41.8 Å². The number of likely N-dealkylation sites (N-methyl/N-ethyl adjacent to an activating group) is 1. The van der Waals surface area contributed by atoms with E-state index in [9.17, 15) is 9.59 Å². The lowest BCUT2D eigenvalue weighted by Gasteiger charge is -2.22. The Hall–Kier alpha value is -3.37. The molecule has 3 aromatic rings. The Labute approximate surface area is 181 Å². The lowest BCUT2D eigenvalue weighted by Crippen LogP contribution is -2.34. The van der Waals surface area contributed by atoms with Gasteiger partial charge in [0, 0.05) is 18.6 Å². The van der Waals surface area contributed by atoms with E-state index in [2.05, 4.69) is 0 Å². The summed E-state index contributed by atoms with van der Waals surface area (Å²) < 4.78 is 0. The minimum absolute atomic E-state index is 0.327. The Balaban J connectivity index is 1.81. The zero-order valence-electron chi connectivity index (χ0n) is 16.8. The minimum Gasteiger partial charge on any atom is -0.365 e. The number of hydrogen-bond acceptors (Lipinski definition) is 3.